The van der Waals surface area contributed by atoms with E-state index in [4.69, 9.17) is 16.2 Å². The van der Waals surface area contributed by atoms with Gasteiger partial charge in [-0.05, 0) is 86.8 Å². The lowest BCUT2D eigenvalue weighted by atomic mass is 9.77. The van der Waals surface area contributed by atoms with Gasteiger partial charge in [0.05, 0.1) is 12.5 Å². The molecule has 3 heterocycles. The zero-order valence-electron chi connectivity index (χ0n) is 22.3. The van der Waals surface area contributed by atoms with Crippen LogP contribution in [0.4, 0.5) is 5.69 Å². The van der Waals surface area contributed by atoms with E-state index in [2.05, 4.69) is 17.0 Å². The van der Waals surface area contributed by atoms with Crippen molar-refractivity contribution in [2.24, 2.45) is 16.9 Å². The molecule has 8 nitrogen and oxygen atoms in total. The topological polar surface area (TPSA) is 105 Å². The standard InChI is InChI=1S/C30H39N5O3/c1-38-27-18-25(8-9-26(27)24(19-31)20-32)35-17-12-30(29(35)37)10-15-34(16-11-30)28(36)23-6-4-22(5-7-23)21-33-13-2-3-14-33/h4-9,18-19H,2-3,10-17,20-21,31-32H2,1H3/b24-19+. The molecular weight excluding hydrogens is 478 g/mol. The number of hydrogen-bond acceptors (Lipinski definition) is 6. The van der Waals surface area contributed by atoms with Crippen LogP contribution in [0.1, 0.15) is 53.6 Å². The molecule has 0 aromatic heterocycles. The van der Waals surface area contributed by atoms with Gasteiger partial charge >= 0.3 is 0 Å². The van der Waals surface area contributed by atoms with E-state index in [1.807, 2.05) is 40.1 Å². The third-order valence-corrected chi connectivity index (χ3v) is 8.59. The fourth-order valence-corrected chi connectivity index (χ4v) is 6.18. The molecule has 202 valence electrons. The Hall–Kier alpha value is -3.36. The SMILES string of the molecule is COc1cc(N2CCC3(CCN(C(=O)c4ccc(CN5CCCC5)cc4)CC3)C2=O)ccc1/C(=C/N)CN. The quantitative estimate of drug-likeness (QED) is 0.584. The molecular formula is C30H39N5O3. The molecule has 2 aromatic rings. The summed E-state index contributed by atoms with van der Waals surface area (Å²) < 4.78 is 5.59. The van der Waals surface area contributed by atoms with Gasteiger partial charge in [-0.1, -0.05) is 12.1 Å². The Morgan fingerprint density at radius 2 is 1.68 bits per heavy atom. The Balaban J connectivity index is 1.22. The zero-order chi connectivity index (χ0) is 26.7. The van der Waals surface area contributed by atoms with Crippen molar-refractivity contribution < 1.29 is 14.3 Å². The second kappa shape index (κ2) is 11.2. The van der Waals surface area contributed by atoms with Gasteiger partial charge in [-0.25, -0.2) is 0 Å². The van der Waals surface area contributed by atoms with E-state index in [0.717, 1.165) is 48.4 Å². The van der Waals surface area contributed by atoms with Crippen molar-refractivity contribution >= 4 is 23.1 Å². The Labute approximate surface area is 225 Å². The van der Waals surface area contributed by atoms with E-state index >= 15 is 0 Å². The smallest absolute Gasteiger partial charge is 0.253 e. The minimum atomic E-state index is -0.415. The molecule has 0 bridgehead atoms. The van der Waals surface area contributed by atoms with Crippen LogP contribution in [0, 0.1) is 5.41 Å². The number of methoxy groups -OCH3 is 1. The fraction of sp³-hybridized carbons (Fsp3) is 0.467. The van der Waals surface area contributed by atoms with Crippen LogP contribution in [-0.2, 0) is 11.3 Å². The van der Waals surface area contributed by atoms with E-state index in [9.17, 15) is 9.59 Å². The molecule has 0 aliphatic carbocycles. The summed E-state index contributed by atoms with van der Waals surface area (Å²) in [5.41, 5.74) is 15.5. The molecule has 0 unspecified atom stereocenters. The molecule has 0 saturated carbocycles. The van der Waals surface area contributed by atoms with E-state index in [1.165, 1.54) is 24.6 Å². The molecule has 2 amide bonds. The molecule has 38 heavy (non-hydrogen) atoms. The molecule has 3 aliphatic heterocycles. The third kappa shape index (κ3) is 5.02. The fourth-order valence-electron chi connectivity index (χ4n) is 6.18. The third-order valence-electron chi connectivity index (χ3n) is 8.59. The molecule has 2 aromatic carbocycles. The number of likely N-dealkylation sites (tertiary alicyclic amines) is 2. The van der Waals surface area contributed by atoms with Crippen LogP contribution < -0.4 is 21.1 Å². The first-order valence-corrected chi connectivity index (χ1v) is 13.7. The number of piperidine rings is 1. The average Bonchev–Trinajstić information content (AvgIpc) is 3.58. The first-order valence-electron chi connectivity index (χ1n) is 13.7. The molecule has 8 heteroatoms. The maximum atomic E-state index is 13.7. The van der Waals surface area contributed by atoms with Crippen LogP contribution in [-0.4, -0.2) is 68.0 Å². The summed E-state index contributed by atoms with van der Waals surface area (Å²) >= 11 is 0. The highest BCUT2D eigenvalue weighted by Crippen LogP contribution is 2.44. The number of benzene rings is 2. The number of ether oxygens (including phenoxy) is 1. The molecule has 3 saturated heterocycles. The normalized spacial score (nSPS) is 19.9. The van der Waals surface area contributed by atoms with Crippen molar-refractivity contribution in [3.05, 3.63) is 65.4 Å². The highest BCUT2D eigenvalue weighted by atomic mass is 16.5. The number of amides is 2. The minimum absolute atomic E-state index is 0.0545. The predicted octanol–water partition coefficient (Wildman–Crippen LogP) is 3.21. The van der Waals surface area contributed by atoms with Gasteiger partial charge in [0, 0.05) is 55.6 Å². The summed E-state index contributed by atoms with van der Waals surface area (Å²) in [6.07, 6.45) is 6.20. The van der Waals surface area contributed by atoms with Crippen molar-refractivity contribution in [1.82, 2.24) is 9.80 Å². The van der Waals surface area contributed by atoms with Gasteiger partial charge in [0.25, 0.3) is 5.91 Å². The summed E-state index contributed by atoms with van der Waals surface area (Å²) in [4.78, 5) is 33.1. The number of hydrogen-bond donors (Lipinski definition) is 2. The predicted molar refractivity (Wildman–Crippen MR) is 150 cm³/mol. The van der Waals surface area contributed by atoms with Crippen molar-refractivity contribution in [2.45, 2.75) is 38.6 Å². The minimum Gasteiger partial charge on any atom is -0.496 e. The van der Waals surface area contributed by atoms with Crippen LogP contribution in [0.15, 0.2) is 48.7 Å². The maximum absolute atomic E-state index is 13.7. The Bertz CT molecular complexity index is 1190. The highest BCUT2D eigenvalue weighted by Gasteiger charge is 2.49. The van der Waals surface area contributed by atoms with Gasteiger partial charge in [-0.15, -0.1) is 0 Å². The van der Waals surface area contributed by atoms with Crippen molar-refractivity contribution in [1.29, 1.82) is 0 Å². The molecule has 5 rings (SSSR count). The Morgan fingerprint density at radius 3 is 2.32 bits per heavy atom. The van der Waals surface area contributed by atoms with Crippen LogP contribution >= 0.6 is 0 Å². The summed E-state index contributed by atoms with van der Waals surface area (Å²) in [5, 5.41) is 0. The lowest BCUT2D eigenvalue weighted by Crippen LogP contribution is -2.46. The number of anilines is 1. The van der Waals surface area contributed by atoms with Gasteiger partial charge in [0.15, 0.2) is 0 Å². The zero-order valence-corrected chi connectivity index (χ0v) is 22.3. The molecule has 0 radical (unpaired) electrons. The summed E-state index contributed by atoms with van der Waals surface area (Å²) in [7, 11) is 1.61. The molecule has 3 aliphatic rings. The highest BCUT2D eigenvalue weighted by molar-refractivity contribution is 6.01. The summed E-state index contributed by atoms with van der Waals surface area (Å²) in [6, 6.07) is 13.8. The summed E-state index contributed by atoms with van der Waals surface area (Å²) in [5.74, 6) is 0.836. The van der Waals surface area contributed by atoms with Crippen LogP contribution in [0.5, 0.6) is 5.75 Å². The van der Waals surface area contributed by atoms with Crippen molar-refractivity contribution in [3.8, 4) is 5.75 Å². The van der Waals surface area contributed by atoms with Crippen LogP contribution in [0.3, 0.4) is 0 Å². The second-order valence-corrected chi connectivity index (χ2v) is 10.7. The molecule has 1 spiro atoms. The van der Waals surface area contributed by atoms with Gasteiger partial charge in [0.1, 0.15) is 5.75 Å². The van der Waals surface area contributed by atoms with Gasteiger partial charge in [-0.2, -0.15) is 0 Å². The average molecular weight is 518 g/mol. The number of carbonyl (C=O) groups is 2. The van der Waals surface area contributed by atoms with Crippen LogP contribution in [0.25, 0.3) is 5.57 Å². The Kier molecular flexibility index (Phi) is 7.72. The van der Waals surface area contributed by atoms with E-state index < -0.39 is 5.41 Å². The lowest BCUT2D eigenvalue weighted by molar-refractivity contribution is -0.127. The molecule has 3 fully saturated rings. The molecule has 0 atom stereocenters. The Morgan fingerprint density at radius 1 is 1.00 bits per heavy atom. The first kappa shape index (κ1) is 26.3. The number of nitrogens with two attached hydrogens (primary N) is 2. The maximum Gasteiger partial charge on any atom is 0.253 e. The number of nitrogens with zero attached hydrogens (tertiary/aromatic N) is 3. The second-order valence-electron chi connectivity index (χ2n) is 10.7. The largest absolute Gasteiger partial charge is 0.496 e. The monoisotopic (exact) mass is 517 g/mol. The lowest BCUT2D eigenvalue weighted by Gasteiger charge is -2.38. The van der Waals surface area contributed by atoms with Gasteiger partial charge < -0.3 is 26.0 Å². The van der Waals surface area contributed by atoms with E-state index in [-0.39, 0.29) is 11.8 Å². The van der Waals surface area contributed by atoms with E-state index in [0.29, 0.717) is 44.8 Å². The van der Waals surface area contributed by atoms with Gasteiger partial charge in [-0.3, -0.25) is 14.5 Å². The van der Waals surface area contributed by atoms with Crippen LogP contribution in [0.2, 0.25) is 0 Å². The number of carbonyl (C=O) groups excluding carboxylic acids is 2. The van der Waals surface area contributed by atoms with Crippen molar-refractivity contribution in [3.63, 3.8) is 0 Å². The summed E-state index contributed by atoms with van der Waals surface area (Å²) in [6.45, 7) is 5.42. The van der Waals surface area contributed by atoms with E-state index in [1.54, 1.807) is 7.11 Å². The first-order chi connectivity index (χ1) is 18.5. The van der Waals surface area contributed by atoms with Gasteiger partial charge in [0.2, 0.25) is 5.91 Å². The number of rotatable bonds is 7. The molecule has 4 N–H and O–H groups in total. The van der Waals surface area contributed by atoms with Crippen molar-refractivity contribution in [2.75, 3.05) is 51.3 Å².